The first kappa shape index (κ1) is 19.2. The molecule has 2 aromatic rings. The van der Waals surface area contributed by atoms with E-state index in [2.05, 4.69) is 22.0 Å². The lowest BCUT2D eigenvalue weighted by Gasteiger charge is -2.12. The zero-order valence-electron chi connectivity index (χ0n) is 15.4. The lowest BCUT2D eigenvalue weighted by atomic mass is 10.1. The number of hydrogen-bond acceptors (Lipinski definition) is 3. The van der Waals surface area contributed by atoms with E-state index in [1.165, 1.54) is 19.4 Å². The molecule has 0 aliphatic rings. The van der Waals surface area contributed by atoms with E-state index in [-0.39, 0.29) is 17.7 Å². The topological polar surface area (TPSA) is 87.3 Å². The monoisotopic (exact) mass is 353 g/mol. The molecule has 0 saturated heterocycles. The molecular weight excluding hydrogens is 330 g/mol. The molecule has 0 aliphatic heterocycles. The minimum atomic E-state index is -0.288. The van der Waals surface area contributed by atoms with Gasteiger partial charge in [-0.1, -0.05) is 23.8 Å². The van der Waals surface area contributed by atoms with Crippen LogP contribution in [0.15, 0.2) is 36.4 Å². The third-order valence-electron chi connectivity index (χ3n) is 3.77. The van der Waals surface area contributed by atoms with Crippen LogP contribution in [0.2, 0.25) is 0 Å². The molecule has 136 valence electrons. The van der Waals surface area contributed by atoms with Gasteiger partial charge < -0.3 is 16.0 Å². The van der Waals surface area contributed by atoms with Gasteiger partial charge in [-0.2, -0.15) is 0 Å². The van der Waals surface area contributed by atoms with Gasteiger partial charge in [-0.15, -0.1) is 0 Å². The summed E-state index contributed by atoms with van der Waals surface area (Å²) in [5, 5.41) is 8.14. The molecule has 0 unspecified atom stereocenters. The summed E-state index contributed by atoms with van der Waals surface area (Å²) in [7, 11) is 0. The molecule has 0 bridgehead atoms. The standard InChI is InChI=1S/C20H23N3O3/c1-12-5-6-16(13(2)7-12)11-21-20(26)17-8-18(22-14(3)24)10-19(9-17)23-15(4)25/h5-10H,11H2,1-4H3,(H,21,26)(H,22,24)(H,23,25). The molecule has 0 saturated carbocycles. The second kappa shape index (κ2) is 8.29. The maximum absolute atomic E-state index is 12.5. The number of carbonyl (C=O) groups is 3. The number of benzene rings is 2. The number of anilines is 2. The molecule has 0 radical (unpaired) electrons. The summed E-state index contributed by atoms with van der Waals surface area (Å²) >= 11 is 0. The molecule has 2 rings (SSSR count). The Morgan fingerprint density at radius 1 is 0.846 bits per heavy atom. The number of rotatable bonds is 5. The molecule has 3 N–H and O–H groups in total. The quantitative estimate of drug-likeness (QED) is 0.772. The summed E-state index contributed by atoms with van der Waals surface area (Å²) in [4.78, 5) is 35.1. The number of nitrogens with one attached hydrogen (secondary N) is 3. The van der Waals surface area contributed by atoms with Crippen molar-refractivity contribution in [3.05, 3.63) is 58.7 Å². The predicted octanol–water partition coefficient (Wildman–Crippen LogP) is 3.15. The minimum Gasteiger partial charge on any atom is -0.348 e. The van der Waals surface area contributed by atoms with Crippen LogP contribution in [0.1, 0.15) is 40.9 Å². The van der Waals surface area contributed by atoms with Gasteiger partial charge in [-0.25, -0.2) is 0 Å². The van der Waals surface area contributed by atoms with Gasteiger partial charge in [0.1, 0.15) is 0 Å². The van der Waals surface area contributed by atoms with Crippen LogP contribution in [0.3, 0.4) is 0 Å². The average molecular weight is 353 g/mol. The van der Waals surface area contributed by atoms with Gasteiger partial charge in [0.25, 0.3) is 5.91 Å². The number of carbonyl (C=O) groups excluding carboxylic acids is 3. The van der Waals surface area contributed by atoms with E-state index < -0.39 is 0 Å². The van der Waals surface area contributed by atoms with Crippen LogP contribution in [0.4, 0.5) is 11.4 Å². The lowest BCUT2D eigenvalue weighted by Crippen LogP contribution is -2.23. The largest absolute Gasteiger partial charge is 0.348 e. The third-order valence-corrected chi connectivity index (χ3v) is 3.77. The molecule has 26 heavy (non-hydrogen) atoms. The zero-order chi connectivity index (χ0) is 19.3. The fraction of sp³-hybridized carbons (Fsp3) is 0.250. The normalized spacial score (nSPS) is 10.2. The highest BCUT2D eigenvalue weighted by molar-refractivity contribution is 5.99. The van der Waals surface area contributed by atoms with Crippen LogP contribution in [0.5, 0.6) is 0 Å². The summed E-state index contributed by atoms with van der Waals surface area (Å²) < 4.78 is 0. The molecule has 0 aromatic heterocycles. The van der Waals surface area contributed by atoms with Crippen molar-refractivity contribution < 1.29 is 14.4 Å². The predicted molar refractivity (Wildman–Crippen MR) is 102 cm³/mol. The smallest absolute Gasteiger partial charge is 0.251 e. The van der Waals surface area contributed by atoms with E-state index in [4.69, 9.17) is 0 Å². The third kappa shape index (κ3) is 5.44. The van der Waals surface area contributed by atoms with Crippen LogP contribution in [0.25, 0.3) is 0 Å². The molecule has 0 atom stereocenters. The van der Waals surface area contributed by atoms with Crippen molar-refractivity contribution in [3.63, 3.8) is 0 Å². The first-order chi connectivity index (χ1) is 12.2. The van der Waals surface area contributed by atoms with Gasteiger partial charge in [-0.05, 0) is 43.2 Å². The summed E-state index contributed by atoms with van der Waals surface area (Å²) in [6.07, 6.45) is 0. The molecule has 3 amide bonds. The SMILES string of the molecule is CC(=O)Nc1cc(NC(C)=O)cc(C(=O)NCc2ccc(C)cc2C)c1. The Balaban J connectivity index is 2.20. The summed E-state index contributed by atoms with van der Waals surface area (Å²) in [6, 6.07) is 10.8. The van der Waals surface area contributed by atoms with E-state index in [0.29, 0.717) is 23.5 Å². The van der Waals surface area contributed by atoms with Crippen LogP contribution < -0.4 is 16.0 Å². The fourth-order valence-corrected chi connectivity index (χ4v) is 2.63. The van der Waals surface area contributed by atoms with Gasteiger partial charge in [0.15, 0.2) is 0 Å². The molecule has 0 heterocycles. The Labute approximate surface area is 153 Å². The molecule has 6 nitrogen and oxygen atoms in total. The van der Waals surface area contributed by atoms with E-state index in [1.807, 2.05) is 26.0 Å². The molecule has 2 aromatic carbocycles. The van der Waals surface area contributed by atoms with Crippen molar-refractivity contribution in [3.8, 4) is 0 Å². The van der Waals surface area contributed by atoms with Crippen molar-refractivity contribution in [2.45, 2.75) is 34.2 Å². The second-order valence-corrected chi connectivity index (χ2v) is 6.27. The number of hydrogen-bond donors (Lipinski definition) is 3. The van der Waals surface area contributed by atoms with E-state index >= 15 is 0 Å². The van der Waals surface area contributed by atoms with Gasteiger partial charge in [-0.3, -0.25) is 14.4 Å². The fourth-order valence-electron chi connectivity index (χ4n) is 2.63. The maximum Gasteiger partial charge on any atom is 0.251 e. The Kier molecular flexibility index (Phi) is 6.11. The Hall–Kier alpha value is -3.15. The van der Waals surface area contributed by atoms with Crippen LogP contribution in [-0.2, 0) is 16.1 Å². The molecule has 0 spiro atoms. The summed E-state index contributed by atoms with van der Waals surface area (Å²) in [5.41, 5.74) is 4.55. The lowest BCUT2D eigenvalue weighted by molar-refractivity contribution is -0.115. The van der Waals surface area contributed by atoms with Gasteiger partial charge in [0, 0.05) is 37.3 Å². The van der Waals surface area contributed by atoms with Crippen molar-refractivity contribution in [1.82, 2.24) is 5.32 Å². The number of amides is 3. The number of aryl methyl sites for hydroxylation is 2. The van der Waals surface area contributed by atoms with Gasteiger partial charge >= 0.3 is 0 Å². The van der Waals surface area contributed by atoms with Crippen LogP contribution in [0, 0.1) is 13.8 Å². The average Bonchev–Trinajstić information content (AvgIpc) is 2.52. The first-order valence-corrected chi connectivity index (χ1v) is 8.29. The van der Waals surface area contributed by atoms with E-state index in [0.717, 1.165) is 11.1 Å². The van der Waals surface area contributed by atoms with Crippen molar-refractivity contribution in [2.24, 2.45) is 0 Å². The molecule has 6 heteroatoms. The van der Waals surface area contributed by atoms with Crippen molar-refractivity contribution in [1.29, 1.82) is 0 Å². The highest BCUT2D eigenvalue weighted by atomic mass is 16.2. The van der Waals surface area contributed by atoms with Crippen LogP contribution >= 0.6 is 0 Å². The van der Waals surface area contributed by atoms with Gasteiger partial charge in [0.2, 0.25) is 11.8 Å². The molecule has 0 aliphatic carbocycles. The van der Waals surface area contributed by atoms with Gasteiger partial charge in [0.05, 0.1) is 0 Å². The van der Waals surface area contributed by atoms with E-state index in [1.54, 1.807) is 18.2 Å². The minimum absolute atomic E-state index is 0.258. The summed E-state index contributed by atoms with van der Waals surface area (Å²) in [6.45, 7) is 7.17. The second-order valence-electron chi connectivity index (χ2n) is 6.27. The molecular formula is C20H23N3O3. The van der Waals surface area contributed by atoms with Crippen LogP contribution in [-0.4, -0.2) is 17.7 Å². The molecule has 0 fully saturated rings. The summed E-state index contributed by atoms with van der Waals surface area (Å²) in [5.74, 6) is -0.804. The Bertz CT molecular complexity index is 825. The highest BCUT2D eigenvalue weighted by Crippen LogP contribution is 2.20. The van der Waals surface area contributed by atoms with E-state index in [9.17, 15) is 14.4 Å². The first-order valence-electron chi connectivity index (χ1n) is 8.29. The van der Waals surface area contributed by atoms with Crippen molar-refractivity contribution >= 4 is 29.1 Å². The highest BCUT2D eigenvalue weighted by Gasteiger charge is 2.11. The zero-order valence-corrected chi connectivity index (χ0v) is 15.4. The van der Waals surface area contributed by atoms with Crippen molar-refractivity contribution in [2.75, 3.05) is 10.6 Å². The Morgan fingerprint density at radius 3 is 1.92 bits per heavy atom. The Morgan fingerprint density at radius 2 is 1.42 bits per heavy atom. The maximum atomic E-state index is 12.5.